The van der Waals surface area contributed by atoms with Crippen LogP contribution in [0.2, 0.25) is 0 Å². The zero-order valence-electron chi connectivity index (χ0n) is 7.48. The lowest BCUT2D eigenvalue weighted by Crippen LogP contribution is -2.31. The van der Waals surface area contributed by atoms with Crippen molar-refractivity contribution in [1.82, 2.24) is 4.90 Å². The number of nitriles is 1. The molecule has 1 N–H and O–H groups in total. The summed E-state index contributed by atoms with van der Waals surface area (Å²) in [6.07, 6.45) is 3.15. The van der Waals surface area contributed by atoms with Crippen molar-refractivity contribution < 1.29 is 5.11 Å². The van der Waals surface area contributed by atoms with Gasteiger partial charge in [0.25, 0.3) is 0 Å². The maximum absolute atomic E-state index is 9.05. The maximum atomic E-state index is 9.05. The minimum Gasteiger partial charge on any atom is -0.392 e. The van der Waals surface area contributed by atoms with Crippen LogP contribution in [0.1, 0.15) is 6.92 Å². The van der Waals surface area contributed by atoms with Gasteiger partial charge in [0.05, 0.1) is 6.10 Å². The molecule has 0 heterocycles. The highest BCUT2D eigenvalue weighted by Crippen LogP contribution is 2.03. The third-order valence-corrected chi connectivity index (χ3v) is 1.96. The summed E-state index contributed by atoms with van der Waals surface area (Å²) in [5, 5.41) is 18.0. The summed E-state index contributed by atoms with van der Waals surface area (Å²) >= 11 is 1.39. The first-order valence-corrected chi connectivity index (χ1v) is 4.74. The van der Waals surface area contributed by atoms with Crippen molar-refractivity contribution >= 4 is 16.9 Å². The molecule has 0 aromatic rings. The van der Waals surface area contributed by atoms with E-state index < -0.39 is 6.10 Å². The highest BCUT2D eigenvalue weighted by atomic mass is 32.2. The lowest BCUT2D eigenvalue weighted by Gasteiger charge is -2.19. The van der Waals surface area contributed by atoms with Crippen LogP contribution in [-0.2, 0) is 0 Å². The molecule has 0 saturated carbocycles. The molecule has 0 aromatic carbocycles. The Labute approximate surface area is 76.9 Å². The van der Waals surface area contributed by atoms with Crippen LogP contribution < -0.4 is 0 Å². The van der Waals surface area contributed by atoms with Crippen molar-refractivity contribution in [2.75, 3.05) is 19.8 Å². The largest absolute Gasteiger partial charge is 0.392 e. The monoisotopic (exact) mass is 187 g/mol. The SMILES string of the molecule is CSC(=NC#N)N(C)CC(C)O. The van der Waals surface area contributed by atoms with E-state index in [2.05, 4.69) is 4.99 Å². The van der Waals surface area contributed by atoms with E-state index in [-0.39, 0.29) is 0 Å². The summed E-state index contributed by atoms with van der Waals surface area (Å²) < 4.78 is 0. The van der Waals surface area contributed by atoms with Crippen molar-refractivity contribution in [2.45, 2.75) is 13.0 Å². The van der Waals surface area contributed by atoms with E-state index in [4.69, 9.17) is 10.4 Å². The second kappa shape index (κ2) is 5.86. The van der Waals surface area contributed by atoms with Crippen LogP contribution in [0.5, 0.6) is 0 Å². The number of hydrogen-bond acceptors (Lipinski definition) is 4. The summed E-state index contributed by atoms with van der Waals surface area (Å²) in [6, 6.07) is 0. The zero-order valence-corrected chi connectivity index (χ0v) is 8.30. The van der Waals surface area contributed by atoms with Gasteiger partial charge in [0.15, 0.2) is 5.17 Å². The first-order valence-electron chi connectivity index (χ1n) is 3.51. The van der Waals surface area contributed by atoms with E-state index in [1.165, 1.54) is 11.8 Å². The van der Waals surface area contributed by atoms with E-state index in [1.807, 2.05) is 6.26 Å². The molecule has 0 spiro atoms. The van der Waals surface area contributed by atoms with E-state index >= 15 is 0 Å². The second-order valence-electron chi connectivity index (χ2n) is 2.43. The number of hydrogen-bond donors (Lipinski definition) is 1. The Morgan fingerprint density at radius 1 is 1.83 bits per heavy atom. The highest BCUT2D eigenvalue weighted by molar-refractivity contribution is 8.13. The summed E-state index contributed by atoms with van der Waals surface area (Å²) in [4.78, 5) is 5.34. The van der Waals surface area contributed by atoms with Crippen LogP contribution in [0.15, 0.2) is 4.99 Å². The Morgan fingerprint density at radius 3 is 2.75 bits per heavy atom. The smallest absolute Gasteiger partial charge is 0.208 e. The summed E-state index contributed by atoms with van der Waals surface area (Å²) in [5.41, 5.74) is 0. The fraction of sp³-hybridized carbons (Fsp3) is 0.714. The molecular formula is C7H13N3OS. The summed E-state index contributed by atoms with van der Waals surface area (Å²) in [6.45, 7) is 2.18. The molecule has 5 heteroatoms. The van der Waals surface area contributed by atoms with Crippen molar-refractivity contribution in [3.8, 4) is 6.19 Å². The predicted molar refractivity (Wildman–Crippen MR) is 50.9 cm³/mol. The third-order valence-electron chi connectivity index (χ3n) is 1.19. The van der Waals surface area contributed by atoms with Crippen LogP contribution >= 0.6 is 11.8 Å². The van der Waals surface area contributed by atoms with Crippen LogP contribution in [-0.4, -0.2) is 41.1 Å². The van der Waals surface area contributed by atoms with Crippen molar-refractivity contribution in [3.63, 3.8) is 0 Å². The molecule has 0 fully saturated rings. The lowest BCUT2D eigenvalue weighted by molar-refractivity contribution is 0.169. The molecule has 0 radical (unpaired) electrons. The number of aliphatic hydroxyl groups is 1. The Bertz CT molecular complexity index is 197. The van der Waals surface area contributed by atoms with Crippen molar-refractivity contribution in [3.05, 3.63) is 0 Å². The number of aliphatic imine (C=N–C) groups is 1. The lowest BCUT2D eigenvalue weighted by atomic mass is 10.4. The van der Waals surface area contributed by atoms with E-state index in [1.54, 1.807) is 25.1 Å². The van der Waals surface area contributed by atoms with Gasteiger partial charge in [0, 0.05) is 13.6 Å². The summed E-state index contributed by atoms with van der Waals surface area (Å²) in [7, 11) is 1.79. The highest BCUT2D eigenvalue weighted by Gasteiger charge is 2.07. The molecule has 12 heavy (non-hydrogen) atoms. The Morgan fingerprint density at radius 2 is 2.42 bits per heavy atom. The minimum absolute atomic E-state index is 0.411. The molecule has 0 aliphatic heterocycles. The Balaban J connectivity index is 4.14. The topological polar surface area (TPSA) is 59.6 Å². The molecule has 0 saturated heterocycles. The number of amidine groups is 1. The fourth-order valence-corrected chi connectivity index (χ4v) is 1.32. The van der Waals surface area contributed by atoms with Gasteiger partial charge in [-0.2, -0.15) is 5.26 Å². The van der Waals surface area contributed by atoms with E-state index in [9.17, 15) is 0 Å². The number of nitrogens with zero attached hydrogens (tertiary/aromatic N) is 3. The second-order valence-corrected chi connectivity index (χ2v) is 3.20. The van der Waals surface area contributed by atoms with Gasteiger partial charge in [-0.1, -0.05) is 11.8 Å². The van der Waals surface area contributed by atoms with Gasteiger partial charge < -0.3 is 10.0 Å². The van der Waals surface area contributed by atoms with Gasteiger partial charge >= 0.3 is 0 Å². The van der Waals surface area contributed by atoms with Crippen LogP contribution in [0, 0.1) is 11.5 Å². The molecule has 68 valence electrons. The number of thioether (sulfide) groups is 1. The van der Waals surface area contributed by atoms with Crippen molar-refractivity contribution in [1.29, 1.82) is 5.26 Å². The van der Waals surface area contributed by atoms with E-state index in [0.717, 1.165) is 0 Å². The third kappa shape index (κ3) is 4.21. The number of rotatable bonds is 2. The average molecular weight is 187 g/mol. The molecule has 0 aliphatic carbocycles. The molecule has 1 unspecified atom stereocenters. The van der Waals surface area contributed by atoms with Crippen LogP contribution in [0.25, 0.3) is 0 Å². The molecule has 0 aliphatic rings. The van der Waals surface area contributed by atoms with Crippen LogP contribution in [0.3, 0.4) is 0 Å². The minimum atomic E-state index is -0.411. The molecule has 1 atom stereocenters. The van der Waals surface area contributed by atoms with Gasteiger partial charge in [-0.15, -0.1) is 4.99 Å². The molecule has 0 bridgehead atoms. The van der Waals surface area contributed by atoms with Crippen LogP contribution in [0.4, 0.5) is 0 Å². The van der Waals surface area contributed by atoms with Gasteiger partial charge in [0.1, 0.15) is 0 Å². The molecular weight excluding hydrogens is 174 g/mol. The molecule has 4 nitrogen and oxygen atoms in total. The van der Waals surface area contributed by atoms with Gasteiger partial charge in [0.2, 0.25) is 6.19 Å². The standard InChI is InChI=1S/C7H13N3OS/c1-6(11)4-10(2)7(12-3)9-5-8/h6,11H,4H2,1-3H3. The van der Waals surface area contributed by atoms with Gasteiger partial charge in [-0.25, -0.2) is 0 Å². The quantitative estimate of drug-likeness (QED) is 0.388. The van der Waals surface area contributed by atoms with Gasteiger partial charge in [-0.3, -0.25) is 0 Å². The molecule has 0 aromatic heterocycles. The Hall–Kier alpha value is -0.730. The summed E-state index contributed by atoms with van der Waals surface area (Å²) in [5.74, 6) is 0. The molecule has 0 amide bonds. The Kier molecular flexibility index (Phi) is 5.51. The van der Waals surface area contributed by atoms with E-state index in [0.29, 0.717) is 11.7 Å². The predicted octanol–water partition coefficient (Wildman–Crippen LogP) is 0.499. The number of likely N-dealkylation sites (N-methyl/N-ethyl adjacent to an activating group) is 1. The average Bonchev–Trinajstić information content (AvgIpc) is 1.98. The fourth-order valence-electron chi connectivity index (χ4n) is 0.804. The molecule has 0 rings (SSSR count). The van der Waals surface area contributed by atoms with Crippen molar-refractivity contribution in [2.24, 2.45) is 4.99 Å². The maximum Gasteiger partial charge on any atom is 0.208 e. The number of aliphatic hydroxyl groups excluding tert-OH is 1. The first kappa shape index (κ1) is 11.3. The van der Waals surface area contributed by atoms with Gasteiger partial charge in [-0.05, 0) is 13.2 Å². The zero-order chi connectivity index (χ0) is 9.56. The normalized spacial score (nSPS) is 13.8. The first-order chi connectivity index (χ1) is 5.61.